The van der Waals surface area contributed by atoms with Gasteiger partial charge in [0.1, 0.15) is 17.4 Å². The molecular formula is C23H14Cl2N2O3. The van der Waals surface area contributed by atoms with E-state index >= 15 is 0 Å². The van der Waals surface area contributed by atoms with Crippen LogP contribution in [0.15, 0.2) is 78.4 Å². The van der Waals surface area contributed by atoms with Gasteiger partial charge in [-0.05, 0) is 48.0 Å². The standard InChI is InChI=1S/C23H14Cl2N2O3/c24-19-7-4-8-20(25)21(19)27-22(28)17(14-26)13-15-9-11-18(12-10-15)30-23(29)16-5-2-1-3-6-16/h1-13H,(H,27,28)/b17-13+. The normalized spacial score (nSPS) is 10.8. The molecule has 0 radical (unpaired) electrons. The molecule has 1 amide bonds. The van der Waals surface area contributed by atoms with E-state index in [1.807, 2.05) is 6.07 Å². The first-order valence-corrected chi connectivity index (χ1v) is 9.48. The number of amides is 1. The lowest BCUT2D eigenvalue weighted by Gasteiger charge is -2.08. The molecule has 3 aromatic rings. The number of carbonyl (C=O) groups excluding carboxylic acids is 2. The van der Waals surface area contributed by atoms with Crippen LogP contribution in [0.1, 0.15) is 15.9 Å². The molecule has 148 valence electrons. The van der Waals surface area contributed by atoms with Crippen LogP contribution in [-0.2, 0) is 4.79 Å². The maximum absolute atomic E-state index is 12.4. The molecule has 0 fully saturated rings. The van der Waals surface area contributed by atoms with Crippen LogP contribution < -0.4 is 10.1 Å². The summed E-state index contributed by atoms with van der Waals surface area (Å²) in [7, 11) is 0. The highest BCUT2D eigenvalue weighted by Crippen LogP contribution is 2.30. The van der Waals surface area contributed by atoms with Crippen molar-refractivity contribution in [3.05, 3.63) is 99.5 Å². The Morgan fingerprint density at radius 3 is 2.13 bits per heavy atom. The Morgan fingerprint density at radius 2 is 1.53 bits per heavy atom. The minimum atomic E-state index is -0.646. The number of anilines is 1. The number of hydrogen-bond donors (Lipinski definition) is 1. The molecule has 7 heteroatoms. The van der Waals surface area contributed by atoms with Crippen LogP contribution in [0.2, 0.25) is 10.0 Å². The van der Waals surface area contributed by atoms with Crippen molar-refractivity contribution in [1.82, 2.24) is 0 Å². The molecule has 3 aromatic carbocycles. The fraction of sp³-hybridized carbons (Fsp3) is 0. The molecule has 0 spiro atoms. The Hall–Kier alpha value is -3.59. The molecule has 5 nitrogen and oxygen atoms in total. The highest BCUT2D eigenvalue weighted by molar-refractivity contribution is 6.40. The van der Waals surface area contributed by atoms with Crippen LogP contribution in [-0.4, -0.2) is 11.9 Å². The maximum Gasteiger partial charge on any atom is 0.343 e. The molecule has 30 heavy (non-hydrogen) atoms. The number of hydrogen-bond acceptors (Lipinski definition) is 4. The molecule has 1 N–H and O–H groups in total. The van der Waals surface area contributed by atoms with Gasteiger partial charge in [0.2, 0.25) is 0 Å². The molecule has 0 heterocycles. The van der Waals surface area contributed by atoms with E-state index in [-0.39, 0.29) is 21.3 Å². The van der Waals surface area contributed by atoms with Crippen LogP contribution in [0, 0.1) is 11.3 Å². The highest BCUT2D eigenvalue weighted by Gasteiger charge is 2.14. The van der Waals surface area contributed by atoms with E-state index in [1.54, 1.807) is 72.8 Å². The van der Waals surface area contributed by atoms with E-state index in [4.69, 9.17) is 27.9 Å². The fourth-order valence-corrected chi connectivity index (χ4v) is 2.98. The monoisotopic (exact) mass is 436 g/mol. The minimum Gasteiger partial charge on any atom is -0.423 e. The van der Waals surface area contributed by atoms with Crippen LogP contribution in [0.5, 0.6) is 5.75 Å². The first kappa shape index (κ1) is 21.1. The van der Waals surface area contributed by atoms with Gasteiger partial charge in [-0.3, -0.25) is 4.79 Å². The third-order valence-corrected chi connectivity index (χ3v) is 4.61. The topological polar surface area (TPSA) is 79.2 Å². The van der Waals surface area contributed by atoms with E-state index in [9.17, 15) is 14.9 Å². The van der Waals surface area contributed by atoms with Gasteiger partial charge < -0.3 is 10.1 Å². The molecule has 0 aliphatic carbocycles. The predicted molar refractivity (Wildman–Crippen MR) is 117 cm³/mol. The van der Waals surface area contributed by atoms with Crippen LogP contribution in [0.4, 0.5) is 5.69 Å². The average Bonchev–Trinajstić information content (AvgIpc) is 2.76. The summed E-state index contributed by atoms with van der Waals surface area (Å²) in [6.07, 6.45) is 1.41. The van der Waals surface area contributed by atoms with Crippen LogP contribution >= 0.6 is 23.2 Å². The Labute approximate surface area is 183 Å². The molecule has 0 atom stereocenters. The van der Waals surface area contributed by atoms with E-state index in [2.05, 4.69) is 5.32 Å². The second-order valence-corrected chi connectivity index (χ2v) is 6.86. The van der Waals surface area contributed by atoms with Crippen molar-refractivity contribution in [2.24, 2.45) is 0 Å². The van der Waals surface area contributed by atoms with Gasteiger partial charge in [-0.15, -0.1) is 0 Å². The van der Waals surface area contributed by atoms with Crippen molar-refractivity contribution in [3.8, 4) is 11.8 Å². The summed E-state index contributed by atoms with van der Waals surface area (Å²) in [4.78, 5) is 24.5. The molecule has 3 rings (SSSR count). The number of para-hydroxylation sites is 1. The number of esters is 1. The molecule has 0 unspecified atom stereocenters. The SMILES string of the molecule is N#C/C(=C\c1ccc(OC(=O)c2ccccc2)cc1)C(=O)Nc1c(Cl)cccc1Cl. The van der Waals surface area contributed by atoms with Gasteiger partial charge in [0.05, 0.1) is 21.3 Å². The largest absolute Gasteiger partial charge is 0.423 e. The lowest BCUT2D eigenvalue weighted by atomic mass is 10.1. The first-order chi connectivity index (χ1) is 14.5. The summed E-state index contributed by atoms with van der Waals surface area (Å²) in [6.45, 7) is 0. The summed E-state index contributed by atoms with van der Waals surface area (Å²) in [5.74, 6) is -0.786. The predicted octanol–water partition coefficient (Wildman–Crippen LogP) is 5.76. The number of benzene rings is 3. The number of nitrogens with zero attached hydrogens (tertiary/aromatic N) is 1. The lowest BCUT2D eigenvalue weighted by molar-refractivity contribution is -0.112. The number of nitrogens with one attached hydrogen (secondary N) is 1. The number of nitriles is 1. The molecule has 0 aromatic heterocycles. The molecular weight excluding hydrogens is 423 g/mol. The molecule has 0 saturated heterocycles. The van der Waals surface area contributed by atoms with Gasteiger partial charge in [-0.1, -0.05) is 59.6 Å². The van der Waals surface area contributed by atoms with E-state index in [0.29, 0.717) is 16.9 Å². The zero-order valence-corrected chi connectivity index (χ0v) is 16.9. The van der Waals surface area contributed by atoms with Crippen molar-refractivity contribution < 1.29 is 14.3 Å². The van der Waals surface area contributed by atoms with Gasteiger partial charge >= 0.3 is 5.97 Å². The number of carbonyl (C=O) groups is 2. The Morgan fingerprint density at radius 1 is 0.900 bits per heavy atom. The lowest BCUT2D eigenvalue weighted by Crippen LogP contribution is -2.14. The zero-order valence-electron chi connectivity index (χ0n) is 15.4. The molecule has 0 bridgehead atoms. The fourth-order valence-electron chi connectivity index (χ4n) is 2.49. The van der Waals surface area contributed by atoms with Gasteiger partial charge in [0.25, 0.3) is 5.91 Å². The summed E-state index contributed by atoms with van der Waals surface area (Å²) < 4.78 is 5.31. The Balaban J connectivity index is 1.72. The van der Waals surface area contributed by atoms with Crippen LogP contribution in [0.3, 0.4) is 0 Å². The maximum atomic E-state index is 12.4. The smallest absolute Gasteiger partial charge is 0.343 e. The Bertz CT molecular complexity index is 1130. The minimum absolute atomic E-state index is 0.139. The number of halogens is 2. The zero-order chi connectivity index (χ0) is 21.5. The van der Waals surface area contributed by atoms with Crippen molar-refractivity contribution in [2.75, 3.05) is 5.32 Å². The average molecular weight is 437 g/mol. The number of ether oxygens (including phenoxy) is 1. The summed E-state index contributed by atoms with van der Waals surface area (Å²) >= 11 is 12.1. The second-order valence-electron chi connectivity index (χ2n) is 6.05. The third kappa shape index (κ3) is 5.26. The van der Waals surface area contributed by atoms with Gasteiger partial charge in [-0.2, -0.15) is 5.26 Å². The number of rotatable bonds is 5. The molecule has 0 saturated carbocycles. The summed E-state index contributed by atoms with van der Waals surface area (Å²) in [5.41, 5.74) is 1.10. The van der Waals surface area contributed by atoms with Crippen molar-refractivity contribution >= 4 is 46.8 Å². The van der Waals surface area contributed by atoms with E-state index in [0.717, 1.165) is 0 Å². The molecule has 0 aliphatic heterocycles. The van der Waals surface area contributed by atoms with Crippen LogP contribution in [0.25, 0.3) is 6.08 Å². The van der Waals surface area contributed by atoms with Gasteiger partial charge in [0.15, 0.2) is 0 Å². The quantitative estimate of drug-likeness (QED) is 0.238. The van der Waals surface area contributed by atoms with Gasteiger partial charge in [0, 0.05) is 0 Å². The summed E-state index contributed by atoms with van der Waals surface area (Å²) in [6, 6.07) is 21.7. The second kappa shape index (κ2) is 9.75. The molecule has 0 aliphatic rings. The van der Waals surface area contributed by atoms with E-state index < -0.39 is 11.9 Å². The third-order valence-electron chi connectivity index (χ3n) is 3.98. The first-order valence-electron chi connectivity index (χ1n) is 8.72. The van der Waals surface area contributed by atoms with Crippen molar-refractivity contribution in [1.29, 1.82) is 5.26 Å². The van der Waals surface area contributed by atoms with E-state index in [1.165, 1.54) is 6.08 Å². The summed E-state index contributed by atoms with van der Waals surface area (Å²) in [5, 5.41) is 12.4. The van der Waals surface area contributed by atoms with Gasteiger partial charge in [-0.25, -0.2) is 4.79 Å². The Kier molecular flexibility index (Phi) is 6.87. The van der Waals surface area contributed by atoms with Crippen molar-refractivity contribution in [2.45, 2.75) is 0 Å². The highest BCUT2D eigenvalue weighted by atomic mass is 35.5. The van der Waals surface area contributed by atoms with Crippen molar-refractivity contribution in [3.63, 3.8) is 0 Å².